The van der Waals surface area contributed by atoms with Gasteiger partial charge in [-0.1, -0.05) is 6.07 Å². The van der Waals surface area contributed by atoms with Crippen molar-refractivity contribution < 1.29 is 19.1 Å². The van der Waals surface area contributed by atoms with E-state index in [4.69, 9.17) is 14.3 Å². The minimum atomic E-state index is -0.328. The minimum absolute atomic E-state index is 0.0735. The van der Waals surface area contributed by atoms with Crippen molar-refractivity contribution >= 4 is 5.91 Å². The number of amides is 1. The van der Waals surface area contributed by atoms with Gasteiger partial charge >= 0.3 is 0 Å². The Morgan fingerprint density at radius 3 is 2.44 bits per heavy atom. The molecule has 0 heterocycles. The molecule has 1 aromatic rings. The Kier molecular flexibility index (Phi) is 6.18. The first kappa shape index (κ1) is 14.5. The first-order valence-corrected chi connectivity index (χ1v) is 5.72. The van der Waals surface area contributed by atoms with Gasteiger partial charge < -0.3 is 9.47 Å². The maximum Gasteiger partial charge on any atom is 0.281 e. The molecular formula is C13H19NO4. The third kappa shape index (κ3) is 5.65. The molecule has 0 saturated heterocycles. The Morgan fingerprint density at radius 1 is 1.17 bits per heavy atom. The van der Waals surface area contributed by atoms with E-state index < -0.39 is 0 Å². The first-order chi connectivity index (χ1) is 8.61. The second kappa shape index (κ2) is 7.68. The van der Waals surface area contributed by atoms with Gasteiger partial charge in [-0.15, -0.1) is 0 Å². The Bertz CT molecular complexity index is 372. The summed E-state index contributed by atoms with van der Waals surface area (Å²) in [6.07, 6.45) is 0. The summed E-state index contributed by atoms with van der Waals surface area (Å²) in [5.41, 5.74) is 4.47. The SMILES string of the molecule is COCCONC(=O)COc1cc(C)cc(C)c1. The number of benzene rings is 1. The quantitative estimate of drug-likeness (QED) is 0.589. The number of aryl methyl sites for hydroxylation is 2. The van der Waals surface area contributed by atoms with Crippen LogP contribution >= 0.6 is 0 Å². The van der Waals surface area contributed by atoms with Gasteiger partial charge in [0.2, 0.25) is 0 Å². The molecular weight excluding hydrogens is 234 g/mol. The number of carbonyl (C=O) groups excluding carboxylic acids is 1. The van der Waals surface area contributed by atoms with Crippen molar-refractivity contribution in [1.29, 1.82) is 0 Å². The van der Waals surface area contributed by atoms with Gasteiger partial charge in [-0.2, -0.15) is 0 Å². The molecule has 0 radical (unpaired) electrons. The maximum atomic E-state index is 11.3. The number of carbonyl (C=O) groups is 1. The van der Waals surface area contributed by atoms with E-state index in [0.29, 0.717) is 19.0 Å². The fraction of sp³-hybridized carbons (Fsp3) is 0.462. The molecule has 18 heavy (non-hydrogen) atoms. The zero-order valence-electron chi connectivity index (χ0n) is 11.0. The third-order valence-electron chi connectivity index (χ3n) is 2.14. The lowest BCUT2D eigenvalue weighted by Crippen LogP contribution is -2.30. The Morgan fingerprint density at radius 2 is 1.83 bits per heavy atom. The molecule has 1 N–H and O–H groups in total. The molecule has 0 atom stereocenters. The van der Waals surface area contributed by atoms with E-state index in [9.17, 15) is 4.79 Å². The molecule has 0 aliphatic heterocycles. The summed E-state index contributed by atoms with van der Waals surface area (Å²) in [4.78, 5) is 16.2. The average molecular weight is 253 g/mol. The lowest BCUT2D eigenvalue weighted by atomic mass is 10.1. The van der Waals surface area contributed by atoms with Gasteiger partial charge in [0, 0.05) is 7.11 Å². The van der Waals surface area contributed by atoms with Crippen LogP contribution in [0.3, 0.4) is 0 Å². The molecule has 0 unspecified atom stereocenters. The van der Waals surface area contributed by atoms with Crippen LogP contribution in [0.25, 0.3) is 0 Å². The molecule has 1 rings (SSSR count). The van der Waals surface area contributed by atoms with Crippen LogP contribution in [-0.4, -0.2) is 32.8 Å². The molecule has 0 aromatic heterocycles. The lowest BCUT2D eigenvalue weighted by molar-refractivity contribution is -0.136. The monoisotopic (exact) mass is 253 g/mol. The van der Waals surface area contributed by atoms with Crippen LogP contribution in [0.15, 0.2) is 18.2 Å². The molecule has 0 aliphatic rings. The number of methoxy groups -OCH3 is 1. The first-order valence-electron chi connectivity index (χ1n) is 5.72. The number of rotatable bonds is 7. The maximum absolute atomic E-state index is 11.3. The van der Waals surface area contributed by atoms with Crippen molar-refractivity contribution in [1.82, 2.24) is 5.48 Å². The normalized spacial score (nSPS) is 10.2. The van der Waals surface area contributed by atoms with Crippen LogP contribution in [-0.2, 0) is 14.4 Å². The molecule has 1 amide bonds. The minimum Gasteiger partial charge on any atom is -0.484 e. The predicted molar refractivity (Wildman–Crippen MR) is 67.4 cm³/mol. The summed E-state index contributed by atoms with van der Waals surface area (Å²) in [7, 11) is 1.56. The van der Waals surface area contributed by atoms with Gasteiger partial charge in [-0.25, -0.2) is 5.48 Å². The van der Waals surface area contributed by atoms with E-state index in [1.54, 1.807) is 7.11 Å². The summed E-state index contributed by atoms with van der Waals surface area (Å²) >= 11 is 0. The molecule has 5 heteroatoms. The van der Waals surface area contributed by atoms with Gasteiger partial charge in [0.25, 0.3) is 5.91 Å². The van der Waals surface area contributed by atoms with Crippen LogP contribution in [0.4, 0.5) is 0 Å². The topological polar surface area (TPSA) is 56.8 Å². The highest BCUT2D eigenvalue weighted by atomic mass is 16.7. The summed E-state index contributed by atoms with van der Waals surface area (Å²) in [5, 5.41) is 0. The molecule has 100 valence electrons. The van der Waals surface area contributed by atoms with Gasteiger partial charge in [-0.05, 0) is 37.1 Å². The van der Waals surface area contributed by atoms with E-state index in [-0.39, 0.29) is 12.5 Å². The van der Waals surface area contributed by atoms with Crippen LogP contribution in [0.5, 0.6) is 5.75 Å². The summed E-state index contributed by atoms with van der Waals surface area (Å²) in [6.45, 7) is 4.63. The molecule has 0 spiro atoms. The molecule has 0 aliphatic carbocycles. The van der Waals surface area contributed by atoms with E-state index in [1.807, 2.05) is 32.0 Å². The van der Waals surface area contributed by atoms with Crippen LogP contribution in [0.2, 0.25) is 0 Å². The van der Waals surface area contributed by atoms with Crippen LogP contribution in [0, 0.1) is 13.8 Å². The van der Waals surface area contributed by atoms with Gasteiger partial charge in [-0.3, -0.25) is 9.63 Å². The molecule has 1 aromatic carbocycles. The summed E-state index contributed by atoms with van der Waals surface area (Å²) < 4.78 is 10.1. The van der Waals surface area contributed by atoms with E-state index in [0.717, 1.165) is 11.1 Å². The molecule has 0 fully saturated rings. The Balaban J connectivity index is 2.29. The Labute approximate surface area is 107 Å². The second-order valence-corrected chi connectivity index (χ2v) is 3.98. The van der Waals surface area contributed by atoms with Crippen molar-refractivity contribution in [3.8, 4) is 5.75 Å². The fourth-order valence-corrected chi connectivity index (χ4v) is 1.45. The van der Waals surface area contributed by atoms with Crippen molar-refractivity contribution in [3.05, 3.63) is 29.3 Å². The molecule has 0 saturated carbocycles. The summed E-state index contributed by atoms with van der Waals surface area (Å²) in [5.74, 6) is 0.352. The number of hydrogen-bond acceptors (Lipinski definition) is 4. The number of ether oxygens (including phenoxy) is 2. The van der Waals surface area contributed by atoms with Gasteiger partial charge in [0.1, 0.15) is 5.75 Å². The number of hydroxylamine groups is 1. The lowest BCUT2D eigenvalue weighted by Gasteiger charge is -2.08. The number of hydrogen-bond donors (Lipinski definition) is 1. The zero-order chi connectivity index (χ0) is 13.4. The zero-order valence-corrected chi connectivity index (χ0v) is 11.0. The van der Waals surface area contributed by atoms with Gasteiger partial charge in [0.05, 0.1) is 13.2 Å². The number of nitrogens with one attached hydrogen (secondary N) is 1. The molecule has 5 nitrogen and oxygen atoms in total. The van der Waals surface area contributed by atoms with Crippen molar-refractivity contribution in [2.24, 2.45) is 0 Å². The fourth-order valence-electron chi connectivity index (χ4n) is 1.45. The van der Waals surface area contributed by atoms with E-state index in [2.05, 4.69) is 5.48 Å². The van der Waals surface area contributed by atoms with Crippen molar-refractivity contribution in [3.63, 3.8) is 0 Å². The van der Waals surface area contributed by atoms with Crippen LogP contribution in [0.1, 0.15) is 11.1 Å². The van der Waals surface area contributed by atoms with Crippen molar-refractivity contribution in [2.75, 3.05) is 26.9 Å². The average Bonchev–Trinajstić information content (AvgIpc) is 2.31. The van der Waals surface area contributed by atoms with Crippen molar-refractivity contribution in [2.45, 2.75) is 13.8 Å². The van der Waals surface area contributed by atoms with Crippen LogP contribution < -0.4 is 10.2 Å². The van der Waals surface area contributed by atoms with E-state index in [1.165, 1.54) is 0 Å². The largest absolute Gasteiger partial charge is 0.484 e. The molecule has 0 bridgehead atoms. The highest BCUT2D eigenvalue weighted by Gasteiger charge is 2.03. The van der Waals surface area contributed by atoms with Gasteiger partial charge in [0.15, 0.2) is 6.61 Å². The predicted octanol–water partition coefficient (Wildman–Crippen LogP) is 1.38. The highest BCUT2D eigenvalue weighted by Crippen LogP contribution is 2.15. The second-order valence-electron chi connectivity index (χ2n) is 3.98. The standard InChI is InChI=1S/C13H19NO4/c1-10-6-11(2)8-12(7-10)17-9-13(15)14-18-5-4-16-3/h6-8H,4-5,9H2,1-3H3,(H,14,15). The smallest absolute Gasteiger partial charge is 0.281 e. The third-order valence-corrected chi connectivity index (χ3v) is 2.14. The Hall–Kier alpha value is -1.59. The summed E-state index contributed by atoms with van der Waals surface area (Å²) in [6, 6.07) is 5.80. The van der Waals surface area contributed by atoms with E-state index >= 15 is 0 Å². The highest BCUT2D eigenvalue weighted by molar-refractivity contribution is 5.76.